The monoisotopic (exact) mass is 1610 g/mol. The molecule has 6 fully saturated rings. The molecule has 6 aliphatic rings. The fourth-order valence-electron chi connectivity index (χ4n) is 11.0. The smallest absolute Gasteiger partial charge is 0.475 e. The van der Waals surface area contributed by atoms with E-state index in [0.29, 0.717) is 70.6 Å². The first-order chi connectivity index (χ1) is 47.8. The Morgan fingerprint density at radius 2 is 0.725 bits per heavy atom. The van der Waals surface area contributed by atoms with Crippen molar-refractivity contribution in [3.63, 3.8) is 0 Å². The molecule has 15 atom stereocenters. The summed E-state index contributed by atoms with van der Waals surface area (Å²) in [5.74, 6) is 2.50. The number of anilines is 3. The van der Waals surface area contributed by atoms with Crippen LogP contribution < -0.4 is 31.4 Å². The summed E-state index contributed by atoms with van der Waals surface area (Å²) in [7, 11) is -1.65. The summed E-state index contributed by atoms with van der Waals surface area (Å²) in [6.07, 6.45) is -3.46. The number of aliphatic hydroxyl groups is 3. The van der Waals surface area contributed by atoms with Crippen molar-refractivity contribution in [1.29, 1.82) is 0 Å². The lowest BCUT2D eigenvalue weighted by Crippen LogP contribution is -2.47. The molecule has 9 N–H and O–H groups in total. The minimum Gasteiger partial charge on any atom is -0.476 e. The van der Waals surface area contributed by atoms with E-state index in [4.69, 9.17) is 86.3 Å². The Hall–Kier alpha value is -3.36. The number of nitrogens with zero attached hydrogens (tertiary/aromatic N) is 12. The van der Waals surface area contributed by atoms with Crippen LogP contribution in [0, 0.1) is 0 Å². The Morgan fingerprint density at radius 3 is 0.961 bits per heavy atom. The molecule has 6 aromatic rings. The highest BCUT2D eigenvalue weighted by molar-refractivity contribution is 8.77. The Morgan fingerprint density at radius 1 is 0.471 bits per heavy atom. The van der Waals surface area contributed by atoms with Crippen LogP contribution in [0.5, 0.6) is 17.6 Å². The lowest BCUT2D eigenvalue weighted by Gasteiger charge is -2.35. The Bertz CT molecular complexity index is 3640. The highest BCUT2D eigenvalue weighted by Crippen LogP contribution is 2.62. The fourth-order valence-corrected chi connectivity index (χ4v) is 22.1. The lowest BCUT2D eigenvalue weighted by molar-refractivity contribution is -0.0907. The molecule has 0 spiro atoms. The first-order valence-electron chi connectivity index (χ1n) is 32.5. The van der Waals surface area contributed by atoms with Gasteiger partial charge in [0.1, 0.15) is 53.4 Å². The highest BCUT2D eigenvalue weighted by atomic mass is 33.1. The highest BCUT2D eigenvalue weighted by Gasteiger charge is 2.63. The van der Waals surface area contributed by atoms with Crippen LogP contribution in [0.4, 0.5) is 17.8 Å². The summed E-state index contributed by atoms with van der Waals surface area (Å²) in [5.41, 5.74) is 14.8. The van der Waals surface area contributed by atoms with Crippen molar-refractivity contribution < 1.29 is 98.1 Å². The Labute approximate surface area is 613 Å². The number of nitrogens with two attached hydrogens (primary N) is 3. The van der Waals surface area contributed by atoms with Gasteiger partial charge >= 0.3 is 23.5 Å². The van der Waals surface area contributed by atoms with Gasteiger partial charge in [0.05, 0.1) is 78.4 Å². The van der Waals surface area contributed by atoms with E-state index in [2.05, 4.69) is 107 Å². The van der Waals surface area contributed by atoms with Gasteiger partial charge in [0.25, 0.3) is 0 Å². The summed E-state index contributed by atoms with van der Waals surface area (Å²) in [6.45, 7) is 30.5. The van der Waals surface area contributed by atoms with Gasteiger partial charge in [0.2, 0.25) is 35.5 Å². The summed E-state index contributed by atoms with van der Waals surface area (Å²) in [6, 6.07) is 0. The fraction of sp³-hybridized carbons (Fsp3) is 0.737. The maximum absolute atomic E-state index is 13.1. The maximum atomic E-state index is 13.1. The number of ether oxygens (including phenoxy) is 6. The van der Waals surface area contributed by atoms with Gasteiger partial charge in [-0.05, 0) is 41.5 Å². The number of imidazole rings is 3. The number of nitrogen functional groups attached to an aromatic ring is 3. The van der Waals surface area contributed by atoms with Crippen molar-refractivity contribution in [2.75, 3.05) is 93.9 Å². The van der Waals surface area contributed by atoms with Crippen LogP contribution in [0.15, 0.2) is 19.0 Å². The van der Waals surface area contributed by atoms with Gasteiger partial charge in [0.15, 0.2) is 52.2 Å². The van der Waals surface area contributed by atoms with Gasteiger partial charge in [-0.1, -0.05) is 127 Å². The Balaban J connectivity index is 0.000000165. The standard InChI is InChI=1S/3C19H30N5O7PS2/c3*1-6-27-15-12-14(22-17(20)23-15)24(10-21-12)16-19(5,25)13-11(30-16)9-29-32(26,31-13)28-7-8-33-34-18(2,3)4/h3*10-11,13,16,25H,6-9H2,1-5H3,(H2,20,22,23)/t11-,13-,16-,19-,32?;11-,13-,16-,19-,32+;11-,13-,16-,19-,32-/m111/s1. The molecule has 36 nitrogen and oxygen atoms in total. The zero-order chi connectivity index (χ0) is 74.2. The van der Waals surface area contributed by atoms with Gasteiger partial charge in [-0.15, -0.1) is 0 Å². The van der Waals surface area contributed by atoms with E-state index < -0.39 is 95.6 Å². The quantitative estimate of drug-likeness (QED) is 0.0186. The maximum Gasteiger partial charge on any atom is 0.475 e. The third kappa shape index (κ3) is 19.0. The molecule has 0 amide bonds. The van der Waals surface area contributed by atoms with Crippen LogP contribution in [-0.2, 0) is 68.6 Å². The average molecular weight is 1610 g/mol. The number of hydrogen-bond acceptors (Lipinski definition) is 39. The van der Waals surface area contributed by atoms with Gasteiger partial charge < -0.3 is 60.9 Å². The van der Waals surface area contributed by atoms with Gasteiger partial charge in [-0.25, -0.2) is 28.6 Å². The van der Waals surface area contributed by atoms with Crippen molar-refractivity contribution in [3.05, 3.63) is 19.0 Å². The second-order valence-electron chi connectivity index (χ2n) is 27.0. The molecule has 0 radical (unpaired) electrons. The van der Waals surface area contributed by atoms with Crippen molar-refractivity contribution >= 4 is 140 Å². The molecule has 0 aromatic carbocycles. The molecule has 0 aliphatic carbocycles. The molecule has 570 valence electrons. The van der Waals surface area contributed by atoms with Crippen molar-refractivity contribution in [2.45, 2.75) is 190 Å². The largest absolute Gasteiger partial charge is 0.476 e. The number of rotatable bonds is 24. The second kappa shape index (κ2) is 32.4. The molecular weight excluding hydrogens is 1520 g/mol. The van der Waals surface area contributed by atoms with Gasteiger partial charge in [-0.3, -0.25) is 54.4 Å². The molecular formula is C57H90N15O21P3S6. The van der Waals surface area contributed by atoms with Crippen LogP contribution in [0.3, 0.4) is 0 Å². The summed E-state index contributed by atoms with van der Waals surface area (Å²) < 4.78 is 129. The van der Waals surface area contributed by atoms with E-state index in [9.17, 15) is 29.0 Å². The van der Waals surface area contributed by atoms with Gasteiger partial charge in [0, 0.05) is 31.5 Å². The Kier molecular flexibility index (Phi) is 25.8. The predicted octanol–water partition coefficient (Wildman–Crippen LogP) is 9.53. The molecule has 102 heavy (non-hydrogen) atoms. The molecule has 12 heterocycles. The second-order valence-corrected chi connectivity index (χ2v) is 41.6. The first-order valence-corrected chi connectivity index (χ1v) is 43.8. The molecule has 0 bridgehead atoms. The molecule has 12 rings (SSSR count). The third-order valence-electron chi connectivity index (χ3n) is 15.1. The summed E-state index contributed by atoms with van der Waals surface area (Å²) >= 11 is 0. The number of aromatic nitrogens is 12. The van der Waals surface area contributed by atoms with E-state index in [-0.39, 0.29) is 89.4 Å². The zero-order valence-electron chi connectivity index (χ0n) is 59.0. The minimum absolute atomic E-state index is 0.00673. The van der Waals surface area contributed by atoms with Crippen LogP contribution in [0.2, 0.25) is 0 Å². The molecule has 1 unspecified atom stereocenters. The van der Waals surface area contributed by atoms with Crippen LogP contribution in [0.25, 0.3) is 33.5 Å². The van der Waals surface area contributed by atoms with Crippen molar-refractivity contribution in [3.8, 4) is 17.6 Å². The van der Waals surface area contributed by atoms with E-state index >= 15 is 0 Å². The average Bonchev–Trinajstić information content (AvgIpc) is 1.59. The van der Waals surface area contributed by atoms with E-state index in [0.717, 1.165) is 0 Å². The van der Waals surface area contributed by atoms with Crippen LogP contribution in [0.1, 0.15) is 123 Å². The molecule has 6 aliphatic heterocycles. The normalized spacial score (nSPS) is 31.6. The van der Waals surface area contributed by atoms with Crippen molar-refractivity contribution in [1.82, 2.24) is 58.6 Å². The lowest BCUT2D eigenvalue weighted by atomic mass is 9.96. The number of fused-ring (bicyclic) bond motifs is 6. The molecule has 6 aromatic heterocycles. The SMILES string of the molecule is CCOc1nc(N)nc2c1ncn2[C@@H]1O[C@@H]2COP(=O)(OCCSSC(C)(C)C)O[C@H]2[C@@]1(C)O.CCOc1nc(N)nc2c1ncn2[C@@H]1O[C@@H]2CO[P@@](=O)(OCCSSC(C)(C)C)O[C@H]2[C@@]1(C)O.CCOc1nc(N)nc2c1ncn2[C@@H]1O[C@@H]2CO[P@](=O)(OCCSSC(C)(C)C)O[C@H]2[C@@]1(C)O. The van der Waals surface area contributed by atoms with E-state index in [1.54, 1.807) is 64.8 Å². The number of phosphoric acid groups is 3. The summed E-state index contributed by atoms with van der Waals surface area (Å²) in [4.78, 5) is 37.9. The molecule has 45 heteroatoms. The van der Waals surface area contributed by atoms with Crippen LogP contribution >= 0.6 is 88.2 Å². The van der Waals surface area contributed by atoms with Crippen LogP contribution in [-0.4, -0.2) is 218 Å². The topological polar surface area (TPSA) is 459 Å². The van der Waals surface area contributed by atoms with E-state index in [1.165, 1.54) is 53.5 Å². The third-order valence-corrected chi connectivity index (χ3v) is 29.3. The van der Waals surface area contributed by atoms with Gasteiger partial charge in [-0.2, -0.15) is 29.9 Å². The van der Waals surface area contributed by atoms with Crippen molar-refractivity contribution in [2.24, 2.45) is 0 Å². The molecule has 0 saturated carbocycles. The first kappa shape index (κ1) is 81.2. The summed E-state index contributed by atoms with van der Waals surface area (Å²) in [5, 5.41) is 34.2. The zero-order valence-corrected chi connectivity index (χ0v) is 66.6. The predicted molar refractivity (Wildman–Crippen MR) is 389 cm³/mol. The minimum atomic E-state index is -3.87. The van der Waals surface area contributed by atoms with E-state index in [1.807, 2.05) is 20.8 Å². The number of hydrogen-bond donors (Lipinski definition) is 6. The molecule has 6 saturated heterocycles. The number of phosphoric ester groups is 3.